The Labute approximate surface area is 213 Å². The lowest BCUT2D eigenvalue weighted by molar-refractivity contribution is -0.274. The minimum Gasteiger partial charge on any atom is -0.404 e. The van der Waals surface area contributed by atoms with Crippen LogP contribution >= 0.6 is 0 Å². The smallest absolute Gasteiger partial charge is 0.404 e. The van der Waals surface area contributed by atoms with Gasteiger partial charge in [0.1, 0.15) is 0 Å². The molecule has 3 aromatic rings. The van der Waals surface area contributed by atoms with Gasteiger partial charge in [-0.3, -0.25) is 9.59 Å². The molecule has 9 heteroatoms. The number of para-hydroxylation sites is 2. The number of nitrogens with zero attached hydrogens (tertiary/aromatic N) is 1. The molecule has 0 saturated carbocycles. The fourth-order valence-electron chi connectivity index (χ4n) is 4.87. The number of amides is 2. The van der Waals surface area contributed by atoms with Crippen LogP contribution in [0.1, 0.15) is 38.7 Å². The third-order valence-electron chi connectivity index (χ3n) is 6.30. The molecule has 2 atom stereocenters. The van der Waals surface area contributed by atoms with Crippen LogP contribution in [-0.2, 0) is 9.59 Å². The summed E-state index contributed by atoms with van der Waals surface area (Å²) in [5.41, 5.74) is 4.38. The van der Waals surface area contributed by atoms with Crippen molar-refractivity contribution in [1.82, 2.24) is 0 Å². The Morgan fingerprint density at radius 1 is 1.00 bits per heavy atom. The maximum Gasteiger partial charge on any atom is 0.573 e. The third kappa shape index (κ3) is 6.22. The number of fused-ring (bicyclic) bond motifs is 1. The molecule has 0 fully saturated rings. The molecule has 0 unspecified atom stereocenters. The van der Waals surface area contributed by atoms with E-state index in [1.165, 1.54) is 26.0 Å². The van der Waals surface area contributed by atoms with Gasteiger partial charge in [0, 0.05) is 43.7 Å². The number of carbonyl (C=O) groups excluding carboxylic acids is 2. The first-order chi connectivity index (χ1) is 17.5. The number of rotatable bonds is 6. The molecule has 0 radical (unpaired) electrons. The summed E-state index contributed by atoms with van der Waals surface area (Å²) in [5, 5.41) is 5.91. The van der Waals surface area contributed by atoms with E-state index in [0.717, 1.165) is 22.4 Å². The lowest BCUT2D eigenvalue weighted by Crippen LogP contribution is -2.43. The van der Waals surface area contributed by atoms with Gasteiger partial charge in [0.25, 0.3) is 0 Å². The highest BCUT2D eigenvalue weighted by molar-refractivity contribution is 5.94. The van der Waals surface area contributed by atoms with Crippen LogP contribution in [0.3, 0.4) is 0 Å². The molecule has 2 amide bonds. The lowest BCUT2D eigenvalue weighted by Gasteiger charge is -2.39. The minimum atomic E-state index is -4.80. The third-order valence-corrected chi connectivity index (χ3v) is 6.30. The molecule has 1 aliphatic rings. The van der Waals surface area contributed by atoms with Gasteiger partial charge in [-0.1, -0.05) is 30.3 Å². The molecule has 6 nitrogen and oxygen atoms in total. The number of alkyl halides is 3. The molecule has 0 spiro atoms. The van der Waals surface area contributed by atoms with E-state index in [2.05, 4.69) is 15.4 Å². The molecule has 0 bridgehead atoms. The zero-order valence-electron chi connectivity index (χ0n) is 20.7. The van der Waals surface area contributed by atoms with E-state index in [1.807, 2.05) is 43.3 Å². The molecular formula is C28H28F3N3O3. The standard InChI is InChI=1S/C28H28F3N3O3/c1-17-13-22(16-32-25-9-4-5-10-27(25)37-28(29,30)31)24-15-21(11-12-26(24)34(17)19(3)36)20-7-6-8-23(14-20)33-18(2)35/h4-12,14-15,17,22,32H,13,16H2,1-3H3,(H,33,35)/t17-,22-/m0/s1. The zero-order valence-corrected chi connectivity index (χ0v) is 20.7. The first-order valence-corrected chi connectivity index (χ1v) is 11.9. The van der Waals surface area contributed by atoms with Crippen molar-refractivity contribution in [2.75, 3.05) is 22.1 Å². The molecule has 1 aliphatic heterocycles. The fraction of sp³-hybridized carbons (Fsp3) is 0.286. The van der Waals surface area contributed by atoms with Crippen LogP contribution in [0.15, 0.2) is 66.7 Å². The SMILES string of the molecule is CC(=O)Nc1cccc(-c2ccc3c(c2)[C@H](CNc2ccccc2OC(F)(F)F)C[C@H](C)N3C(C)=O)c1. The van der Waals surface area contributed by atoms with Gasteiger partial charge in [-0.15, -0.1) is 13.2 Å². The number of anilines is 3. The molecular weight excluding hydrogens is 483 g/mol. The van der Waals surface area contributed by atoms with Crippen LogP contribution in [0.25, 0.3) is 11.1 Å². The molecule has 0 aromatic heterocycles. The zero-order chi connectivity index (χ0) is 26.7. The predicted molar refractivity (Wildman–Crippen MR) is 138 cm³/mol. The second-order valence-electron chi connectivity index (χ2n) is 9.13. The molecule has 1 heterocycles. The Hall–Kier alpha value is -4.01. The highest BCUT2D eigenvalue weighted by Gasteiger charge is 2.34. The fourth-order valence-corrected chi connectivity index (χ4v) is 4.87. The van der Waals surface area contributed by atoms with Gasteiger partial charge in [-0.05, 0) is 66.4 Å². The average molecular weight is 512 g/mol. The quantitative estimate of drug-likeness (QED) is 0.394. The van der Waals surface area contributed by atoms with Crippen LogP contribution in [0, 0.1) is 0 Å². The van der Waals surface area contributed by atoms with Gasteiger partial charge in [0.15, 0.2) is 5.75 Å². The number of hydrogen-bond acceptors (Lipinski definition) is 4. The van der Waals surface area contributed by atoms with E-state index in [0.29, 0.717) is 18.7 Å². The summed E-state index contributed by atoms with van der Waals surface area (Å²) in [6, 6.07) is 19.1. The predicted octanol–water partition coefficient (Wildman–Crippen LogP) is 6.55. The van der Waals surface area contributed by atoms with Gasteiger partial charge in [-0.2, -0.15) is 0 Å². The Morgan fingerprint density at radius 3 is 2.43 bits per heavy atom. The van der Waals surface area contributed by atoms with Crippen molar-refractivity contribution in [3.05, 3.63) is 72.3 Å². The summed E-state index contributed by atoms with van der Waals surface area (Å²) in [6.45, 7) is 5.27. The molecule has 37 heavy (non-hydrogen) atoms. The van der Waals surface area contributed by atoms with E-state index >= 15 is 0 Å². The van der Waals surface area contributed by atoms with Crippen molar-refractivity contribution in [2.24, 2.45) is 0 Å². The Bertz CT molecular complexity index is 1310. The summed E-state index contributed by atoms with van der Waals surface area (Å²) >= 11 is 0. The molecule has 4 rings (SSSR count). The molecule has 194 valence electrons. The van der Waals surface area contributed by atoms with E-state index < -0.39 is 6.36 Å². The highest BCUT2D eigenvalue weighted by Crippen LogP contribution is 2.41. The largest absolute Gasteiger partial charge is 0.573 e. The van der Waals surface area contributed by atoms with Crippen LogP contribution < -0.4 is 20.3 Å². The Balaban J connectivity index is 1.68. The summed E-state index contributed by atoms with van der Waals surface area (Å²) < 4.78 is 42.8. The number of benzene rings is 3. The maximum absolute atomic E-state index is 12.9. The van der Waals surface area contributed by atoms with Crippen molar-refractivity contribution in [3.8, 4) is 16.9 Å². The second kappa shape index (κ2) is 10.5. The summed E-state index contributed by atoms with van der Waals surface area (Å²) in [6.07, 6.45) is -4.18. The number of halogens is 3. The number of ether oxygens (including phenoxy) is 1. The van der Waals surface area contributed by atoms with E-state index in [1.54, 1.807) is 23.1 Å². The first kappa shape index (κ1) is 26.1. The first-order valence-electron chi connectivity index (χ1n) is 11.9. The molecule has 0 aliphatic carbocycles. The second-order valence-corrected chi connectivity index (χ2v) is 9.13. The van der Waals surface area contributed by atoms with E-state index in [-0.39, 0.29) is 35.2 Å². The van der Waals surface area contributed by atoms with Crippen molar-refractivity contribution in [3.63, 3.8) is 0 Å². The number of nitrogens with one attached hydrogen (secondary N) is 2. The van der Waals surface area contributed by atoms with Gasteiger partial charge in [-0.25, -0.2) is 0 Å². The van der Waals surface area contributed by atoms with Crippen molar-refractivity contribution in [2.45, 2.75) is 45.5 Å². The lowest BCUT2D eigenvalue weighted by atomic mass is 9.84. The van der Waals surface area contributed by atoms with E-state index in [9.17, 15) is 22.8 Å². The van der Waals surface area contributed by atoms with Crippen LogP contribution in [0.5, 0.6) is 5.75 Å². The van der Waals surface area contributed by atoms with Gasteiger partial charge < -0.3 is 20.3 Å². The van der Waals surface area contributed by atoms with Gasteiger partial charge >= 0.3 is 6.36 Å². The molecule has 3 aromatic carbocycles. The maximum atomic E-state index is 12.9. The number of carbonyl (C=O) groups is 2. The van der Waals surface area contributed by atoms with Crippen molar-refractivity contribution < 1.29 is 27.5 Å². The molecule has 2 N–H and O–H groups in total. The topological polar surface area (TPSA) is 70.7 Å². The van der Waals surface area contributed by atoms with Crippen LogP contribution in [0.2, 0.25) is 0 Å². The summed E-state index contributed by atoms with van der Waals surface area (Å²) in [7, 11) is 0. The normalized spacial score (nSPS) is 17.1. The minimum absolute atomic E-state index is 0.0792. The summed E-state index contributed by atoms with van der Waals surface area (Å²) in [5.74, 6) is -0.634. The Morgan fingerprint density at radius 2 is 1.73 bits per heavy atom. The van der Waals surface area contributed by atoms with Crippen molar-refractivity contribution >= 4 is 28.9 Å². The van der Waals surface area contributed by atoms with Gasteiger partial charge in [0.2, 0.25) is 11.8 Å². The number of hydrogen-bond donors (Lipinski definition) is 2. The monoisotopic (exact) mass is 511 g/mol. The average Bonchev–Trinajstić information content (AvgIpc) is 2.81. The molecule has 0 saturated heterocycles. The Kier molecular flexibility index (Phi) is 7.42. The van der Waals surface area contributed by atoms with Crippen LogP contribution in [-0.4, -0.2) is 30.8 Å². The summed E-state index contributed by atoms with van der Waals surface area (Å²) in [4.78, 5) is 25.7. The van der Waals surface area contributed by atoms with Crippen LogP contribution in [0.4, 0.5) is 30.2 Å². The van der Waals surface area contributed by atoms with Crippen molar-refractivity contribution in [1.29, 1.82) is 0 Å². The van der Waals surface area contributed by atoms with Gasteiger partial charge in [0.05, 0.1) is 5.69 Å². The highest BCUT2D eigenvalue weighted by atomic mass is 19.4. The van der Waals surface area contributed by atoms with E-state index in [4.69, 9.17) is 0 Å².